The summed E-state index contributed by atoms with van der Waals surface area (Å²) >= 11 is 2.95. The van der Waals surface area contributed by atoms with Crippen LogP contribution in [0, 0.1) is 21.8 Å². The number of nitro groups is 1. The number of benzene rings is 1. The van der Waals surface area contributed by atoms with Gasteiger partial charge in [0.25, 0.3) is 5.69 Å². The zero-order valence-corrected chi connectivity index (χ0v) is 11.4. The van der Waals surface area contributed by atoms with Gasteiger partial charge in [-0.1, -0.05) is 12.8 Å². The molecule has 1 aromatic rings. The molecule has 0 radical (unpaired) electrons. The largest absolute Gasteiger partial charge is 0.379 e. The first-order chi connectivity index (χ1) is 8.58. The lowest BCUT2D eigenvalue weighted by atomic mass is 10.2. The van der Waals surface area contributed by atoms with Crippen LogP contribution in [0.5, 0.6) is 0 Å². The van der Waals surface area contributed by atoms with Crippen LogP contribution in [0.3, 0.4) is 0 Å². The Morgan fingerprint density at radius 2 is 2.22 bits per heavy atom. The van der Waals surface area contributed by atoms with Gasteiger partial charge in [-0.15, -0.1) is 0 Å². The van der Waals surface area contributed by atoms with Crippen molar-refractivity contribution in [1.82, 2.24) is 0 Å². The van der Waals surface area contributed by atoms with Crippen molar-refractivity contribution in [1.29, 1.82) is 0 Å². The molecule has 1 fully saturated rings. The van der Waals surface area contributed by atoms with Crippen molar-refractivity contribution in [2.24, 2.45) is 5.92 Å². The Bertz CT molecular complexity index is 464. The number of nitrogens with zero attached hydrogens (tertiary/aromatic N) is 1. The maximum Gasteiger partial charge on any atom is 0.293 e. The highest BCUT2D eigenvalue weighted by molar-refractivity contribution is 9.10. The van der Waals surface area contributed by atoms with Gasteiger partial charge >= 0.3 is 0 Å². The molecule has 98 valence electrons. The topological polar surface area (TPSA) is 55.2 Å². The van der Waals surface area contributed by atoms with Gasteiger partial charge < -0.3 is 5.32 Å². The van der Waals surface area contributed by atoms with Crippen LogP contribution in [0.1, 0.15) is 25.7 Å². The molecule has 6 heteroatoms. The van der Waals surface area contributed by atoms with Gasteiger partial charge in [-0.3, -0.25) is 10.1 Å². The zero-order chi connectivity index (χ0) is 13.1. The Morgan fingerprint density at radius 1 is 1.50 bits per heavy atom. The molecule has 2 rings (SSSR count). The van der Waals surface area contributed by atoms with Gasteiger partial charge in [0, 0.05) is 18.7 Å². The third-order valence-electron chi connectivity index (χ3n) is 3.04. The molecule has 0 heterocycles. The third-order valence-corrected chi connectivity index (χ3v) is 3.64. The summed E-state index contributed by atoms with van der Waals surface area (Å²) in [7, 11) is 0. The number of nitro benzene ring substituents is 1. The minimum absolute atomic E-state index is 0.102. The van der Waals surface area contributed by atoms with E-state index in [1.165, 1.54) is 25.0 Å². The van der Waals surface area contributed by atoms with Crippen LogP contribution in [-0.4, -0.2) is 11.5 Å². The monoisotopic (exact) mass is 316 g/mol. The molecule has 1 saturated carbocycles. The highest BCUT2D eigenvalue weighted by Gasteiger charge is 2.21. The Hall–Kier alpha value is -1.17. The van der Waals surface area contributed by atoms with Gasteiger partial charge in [0.15, 0.2) is 0 Å². The fourth-order valence-corrected chi connectivity index (χ4v) is 2.18. The molecule has 1 N–H and O–H groups in total. The highest BCUT2D eigenvalue weighted by Crippen LogP contribution is 2.34. The van der Waals surface area contributed by atoms with Crippen molar-refractivity contribution >= 4 is 27.3 Å². The van der Waals surface area contributed by atoms with Crippen molar-refractivity contribution < 1.29 is 9.31 Å². The summed E-state index contributed by atoms with van der Waals surface area (Å²) < 4.78 is 13.5. The fraction of sp³-hybridized carbons (Fsp3) is 0.500. The maximum absolute atomic E-state index is 13.4. The lowest BCUT2D eigenvalue weighted by Gasteiger charge is -2.07. The van der Waals surface area contributed by atoms with E-state index in [0.717, 1.165) is 18.8 Å². The van der Waals surface area contributed by atoms with Crippen LogP contribution < -0.4 is 5.32 Å². The van der Waals surface area contributed by atoms with E-state index < -0.39 is 10.7 Å². The van der Waals surface area contributed by atoms with E-state index in [4.69, 9.17) is 0 Å². The predicted octanol–water partition coefficient (Wildman–Crippen LogP) is 4.10. The molecule has 0 unspecified atom stereocenters. The summed E-state index contributed by atoms with van der Waals surface area (Å²) in [4.78, 5) is 10.4. The molecule has 1 aliphatic rings. The standard InChI is InChI=1S/C12H14BrFN2O2/c13-9-6-12(16(17)18)11(7-10(9)14)15-5-1-2-8-3-4-8/h6-8,15H,1-5H2. The Morgan fingerprint density at radius 3 is 2.83 bits per heavy atom. The molecule has 1 aromatic carbocycles. The normalized spacial score (nSPS) is 14.6. The van der Waals surface area contributed by atoms with Gasteiger partial charge in [0.2, 0.25) is 0 Å². The van der Waals surface area contributed by atoms with E-state index in [9.17, 15) is 14.5 Å². The molecular formula is C12H14BrFN2O2. The van der Waals surface area contributed by atoms with Crippen molar-refractivity contribution in [3.8, 4) is 0 Å². The van der Waals surface area contributed by atoms with Gasteiger partial charge in [-0.25, -0.2) is 4.39 Å². The first-order valence-corrected chi connectivity index (χ1v) is 6.74. The van der Waals surface area contributed by atoms with Gasteiger partial charge in [0.05, 0.1) is 9.40 Å². The van der Waals surface area contributed by atoms with E-state index in [-0.39, 0.29) is 15.8 Å². The summed E-state index contributed by atoms with van der Waals surface area (Å²) in [6, 6.07) is 2.36. The fourth-order valence-electron chi connectivity index (χ4n) is 1.85. The van der Waals surface area contributed by atoms with Gasteiger partial charge in [-0.2, -0.15) is 0 Å². The molecule has 0 aliphatic heterocycles. The molecule has 18 heavy (non-hydrogen) atoms. The summed E-state index contributed by atoms with van der Waals surface area (Å²) in [5.41, 5.74) is 0.145. The number of hydrogen-bond acceptors (Lipinski definition) is 3. The molecule has 4 nitrogen and oxygen atoms in total. The SMILES string of the molecule is O=[N+]([O-])c1cc(Br)c(F)cc1NCCCC1CC1. The van der Waals surface area contributed by atoms with Gasteiger partial charge in [0.1, 0.15) is 11.5 Å². The molecule has 0 atom stereocenters. The van der Waals surface area contributed by atoms with E-state index >= 15 is 0 Å². The lowest BCUT2D eigenvalue weighted by molar-refractivity contribution is -0.384. The number of halogens is 2. The van der Waals surface area contributed by atoms with Crippen LogP contribution in [-0.2, 0) is 0 Å². The Balaban J connectivity index is 1.99. The summed E-state index contributed by atoms with van der Waals surface area (Å²) in [6.45, 7) is 0.637. The number of rotatable bonds is 6. The molecule has 0 saturated heterocycles. The first kappa shape index (κ1) is 13.3. The summed E-state index contributed by atoms with van der Waals surface area (Å²) in [6.07, 6.45) is 4.69. The smallest absolute Gasteiger partial charge is 0.293 e. The summed E-state index contributed by atoms with van der Waals surface area (Å²) in [5.74, 6) is 0.341. The number of hydrogen-bond donors (Lipinski definition) is 1. The van der Waals surface area contributed by atoms with E-state index in [0.29, 0.717) is 6.54 Å². The van der Waals surface area contributed by atoms with Crippen molar-refractivity contribution in [3.05, 3.63) is 32.5 Å². The molecule has 0 aromatic heterocycles. The third kappa shape index (κ3) is 3.41. The molecule has 1 aliphatic carbocycles. The van der Waals surface area contributed by atoms with Crippen LogP contribution in [0.15, 0.2) is 16.6 Å². The number of nitrogens with one attached hydrogen (secondary N) is 1. The van der Waals surface area contributed by atoms with Crippen molar-refractivity contribution in [3.63, 3.8) is 0 Å². The second-order valence-corrected chi connectivity index (χ2v) is 5.41. The molecular weight excluding hydrogens is 303 g/mol. The minimum Gasteiger partial charge on any atom is -0.379 e. The quantitative estimate of drug-likeness (QED) is 0.488. The number of anilines is 1. The minimum atomic E-state index is -0.507. The van der Waals surface area contributed by atoms with Crippen molar-refractivity contribution in [2.45, 2.75) is 25.7 Å². The maximum atomic E-state index is 13.4. The average Bonchev–Trinajstić information content (AvgIpc) is 3.12. The average molecular weight is 317 g/mol. The zero-order valence-electron chi connectivity index (χ0n) is 9.79. The molecule has 0 spiro atoms. The second-order valence-electron chi connectivity index (χ2n) is 4.55. The summed E-state index contributed by atoms with van der Waals surface area (Å²) in [5, 5.41) is 13.8. The Kier molecular flexibility index (Phi) is 4.16. The van der Waals surface area contributed by atoms with Crippen LogP contribution in [0.4, 0.5) is 15.8 Å². The second kappa shape index (κ2) is 5.65. The first-order valence-electron chi connectivity index (χ1n) is 5.95. The Labute approximate surface area is 113 Å². The van der Waals surface area contributed by atoms with E-state index in [1.54, 1.807) is 0 Å². The van der Waals surface area contributed by atoms with Crippen LogP contribution in [0.2, 0.25) is 0 Å². The highest BCUT2D eigenvalue weighted by atomic mass is 79.9. The van der Waals surface area contributed by atoms with Crippen molar-refractivity contribution in [2.75, 3.05) is 11.9 Å². The molecule has 0 bridgehead atoms. The van der Waals surface area contributed by atoms with Crippen LogP contribution >= 0.6 is 15.9 Å². The van der Waals surface area contributed by atoms with E-state index in [2.05, 4.69) is 21.2 Å². The van der Waals surface area contributed by atoms with Crippen LogP contribution in [0.25, 0.3) is 0 Å². The van der Waals surface area contributed by atoms with E-state index in [1.807, 2.05) is 0 Å². The lowest BCUT2D eigenvalue weighted by Crippen LogP contribution is -2.05. The van der Waals surface area contributed by atoms with Gasteiger partial charge in [-0.05, 0) is 34.7 Å². The molecule has 0 amide bonds. The predicted molar refractivity (Wildman–Crippen MR) is 71.2 cm³/mol.